The standard InChI is InChI=1S/C13H15NO2.C2H6/c1-8-9-6-4-5-7-10(9)14-13(2,3)11(8)12(15)16;1-2/h4-7,11,14H,1H2,2-3H3,(H,15,16);1-2H3. The Morgan fingerprint density at radius 2 is 1.89 bits per heavy atom. The van der Waals surface area contributed by atoms with Crippen molar-refractivity contribution in [3.8, 4) is 0 Å². The van der Waals surface area contributed by atoms with Crippen molar-refractivity contribution in [1.82, 2.24) is 0 Å². The van der Waals surface area contributed by atoms with Gasteiger partial charge < -0.3 is 10.4 Å². The number of benzene rings is 1. The summed E-state index contributed by atoms with van der Waals surface area (Å²) >= 11 is 0. The van der Waals surface area contributed by atoms with E-state index in [1.807, 2.05) is 52.0 Å². The van der Waals surface area contributed by atoms with Gasteiger partial charge in [0.05, 0.1) is 0 Å². The number of para-hydroxylation sites is 1. The topological polar surface area (TPSA) is 49.3 Å². The summed E-state index contributed by atoms with van der Waals surface area (Å²) in [6.07, 6.45) is 0. The van der Waals surface area contributed by atoms with Crippen LogP contribution >= 0.6 is 0 Å². The quantitative estimate of drug-likeness (QED) is 0.796. The largest absolute Gasteiger partial charge is 0.481 e. The first kappa shape index (κ1) is 14.3. The summed E-state index contributed by atoms with van der Waals surface area (Å²) < 4.78 is 0. The van der Waals surface area contributed by atoms with Crippen LogP contribution in [0.3, 0.4) is 0 Å². The molecule has 1 unspecified atom stereocenters. The van der Waals surface area contributed by atoms with Crippen LogP contribution in [0.15, 0.2) is 30.8 Å². The Hall–Kier alpha value is -1.77. The number of fused-ring (bicyclic) bond motifs is 1. The fourth-order valence-electron chi connectivity index (χ4n) is 2.34. The summed E-state index contributed by atoms with van der Waals surface area (Å²) in [5.74, 6) is -1.43. The average Bonchev–Trinajstić information content (AvgIpc) is 2.30. The highest BCUT2D eigenvalue weighted by Crippen LogP contribution is 2.41. The van der Waals surface area contributed by atoms with Crippen molar-refractivity contribution >= 4 is 17.2 Å². The Morgan fingerprint density at radius 3 is 2.44 bits per heavy atom. The lowest BCUT2D eigenvalue weighted by Gasteiger charge is -2.40. The Morgan fingerprint density at radius 1 is 1.33 bits per heavy atom. The summed E-state index contributed by atoms with van der Waals surface area (Å²) in [4.78, 5) is 11.3. The van der Waals surface area contributed by atoms with Gasteiger partial charge in [0.15, 0.2) is 0 Å². The van der Waals surface area contributed by atoms with E-state index in [9.17, 15) is 9.90 Å². The van der Waals surface area contributed by atoms with E-state index in [-0.39, 0.29) is 0 Å². The number of carbonyl (C=O) groups is 1. The molecule has 3 nitrogen and oxygen atoms in total. The molecule has 0 bridgehead atoms. The number of hydrogen-bond donors (Lipinski definition) is 2. The molecule has 0 aromatic heterocycles. The second-order valence-corrected chi connectivity index (χ2v) is 4.69. The van der Waals surface area contributed by atoms with Crippen LogP contribution in [-0.2, 0) is 4.79 Å². The van der Waals surface area contributed by atoms with Crippen LogP contribution in [0.2, 0.25) is 0 Å². The molecule has 1 atom stereocenters. The second kappa shape index (κ2) is 5.25. The third-order valence-corrected chi connectivity index (χ3v) is 3.05. The van der Waals surface area contributed by atoms with Crippen LogP contribution in [0.25, 0.3) is 5.57 Å². The van der Waals surface area contributed by atoms with Gasteiger partial charge >= 0.3 is 5.97 Å². The smallest absolute Gasteiger partial charge is 0.313 e. The van der Waals surface area contributed by atoms with E-state index >= 15 is 0 Å². The molecule has 1 aliphatic rings. The summed E-state index contributed by atoms with van der Waals surface area (Å²) in [5, 5.41) is 12.5. The monoisotopic (exact) mass is 247 g/mol. The molecule has 0 spiro atoms. The number of aliphatic carboxylic acids is 1. The summed E-state index contributed by atoms with van der Waals surface area (Å²) in [6, 6.07) is 7.66. The molecule has 0 aliphatic carbocycles. The Balaban J connectivity index is 0.000000771. The molecule has 1 aromatic carbocycles. The first-order valence-electron chi connectivity index (χ1n) is 6.22. The van der Waals surface area contributed by atoms with E-state index < -0.39 is 17.4 Å². The van der Waals surface area contributed by atoms with Gasteiger partial charge in [-0.15, -0.1) is 0 Å². The van der Waals surface area contributed by atoms with Crippen molar-refractivity contribution in [2.24, 2.45) is 5.92 Å². The van der Waals surface area contributed by atoms with E-state index in [1.165, 1.54) is 0 Å². The molecule has 0 saturated heterocycles. The molecule has 1 aliphatic heterocycles. The van der Waals surface area contributed by atoms with Crippen molar-refractivity contribution in [2.45, 2.75) is 33.2 Å². The van der Waals surface area contributed by atoms with Gasteiger partial charge in [0.1, 0.15) is 5.92 Å². The molecular formula is C15H21NO2. The summed E-state index contributed by atoms with van der Waals surface area (Å²) in [7, 11) is 0. The van der Waals surface area contributed by atoms with Gasteiger partial charge in [-0.05, 0) is 25.5 Å². The zero-order valence-electron chi connectivity index (χ0n) is 11.4. The van der Waals surface area contributed by atoms with Gasteiger partial charge in [-0.1, -0.05) is 38.6 Å². The van der Waals surface area contributed by atoms with Crippen LogP contribution in [-0.4, -0.2) is 16.6 Å². The molecule has 1 aromatic rings. The molecule has 0 amide bonds. The first-order valence-corrected chi connectivity index (χ1v) is 6.22. The van der Waals surface area contributed by atoms with Crippen LogP contribution in [0, 0.1) is 5.92 Å². The van der Waals surface area contributed by atoms with Gasteiger partial charge in [0.25, 0.3) is 0 Å². The highest BCUT2D eigenvalue weighted by Gasteiger charge is 2.41. The van der Waals surface area contributed by atoms with Crippen molar-refractivity contribution in [2.75, 3.05) is 5.32 Å². The van der Waals surface area contributed by atoms with E-state index in [4.69, 9.17) is 0 Å². The number of anilines is 1. The summed E-state index contributed by atoms with van der Waals surface area (Å²) in [6.45, 7) is 11.7. The molecule has 1 heterocycles. The zero-order chi connectivity index (χ0) is 13.9. The third-order valence-electron chi connectivity index (χ3n) is 3.05. The fourth-order valence-corrected chi connectivity index (χ4v) is 2.34. The number of carboxylic acid groups (broad SMARTS) is 1. The van der Waals surface area contributed by atoms with Crippen LogP contribution in [0.1, 0.15) is 33.3 Å². The lowest BCUT2D eigenvalue weighted by molar-refractivity contribution is -0.141. The van der Waals surface area contributed by atoms with Crippen molar-refractivity contribution in [1.29, 1.82) is 0 Å². The Labute approximate surface area is 109 Å². The maximum absolute atomic E-state index is 11.3. The molecular weight excluding hydrogens is 226 g/mol. The molecule has 0 saturated carbocycles. The third kappa shape index (κ3) is 2.40. The van der Waals surface area contributed by atoms with Gasteiger partial charge in [0.2, 0.25) is 0 Å². The van der Waals surface area contributed by atoms with Crippen molar-refractivity contribution < 1.29 is 9.90 Å². The number of rotatable bonds is 1. The van der Waals surface area contributed by atoms with E-state index in [0.29, 0.717) is 5.57 Å². The summed E-state index contributed by atoms with van der Waals surface area (Å²) in [5.41, 5.74) is 2.01. The van der Waals surface area contributed by atoms with Crippen molar-refractivity contribution in [3.63, 3.8) is 0 Å². The molecule has 98 valence electrons. The molecule has 0 radical (unpaired) electrons. The van der Waals surface area contributed by atoms with E-state index in [1.54, 1.807) is 0 Å². The molecule has 0 fully saturated rings. The predicted molar refractivity (Wildman–Crippen MR) is 75.7 cm³/mol. The number of nitrogens with one attached hydrogen (secondary N) is 1. The first-order chi connectivity index (χ1) is 8.43. The minimum absolute atomic E-state index is 0.517. The predicted octanol–water partition coefficient (Wildman–Crippen LogP) is 3.63. The molecule has 2 N–H and O–H groups in total. The second-order valence-electron chi connectivity index (χ2n) is 4.69. The highest BCUT2D eigenvalue weighted by molar-refractivity contribution is 5.94. The Bertz CT molecular complexity index is 463. The van der Waals surface area contributed by atoms with E-state index in [2.05, 4.69) is 11.9 Å². The SMILES string of the molecule is C=C1c2ccccc2NC(C)(C)C1C(=O)O.CC. The zero-order valence-corrected chi connectivity index (χ0v) is 11.4. The van der Waals surface area contributed by atoms with Gasteiger partial charge in [-0.2, -0.15) is 0 Å². The van der Waals surface area contributed by atoms with Crippen LogP contribution in [0.4, 0.5) is 5.69 Å². The number of carboxylic acids is 1. The highest BCUT2D eigenvalue weighted by atomic mass is 16.4. The van der Waals surface area contributed by atoms with Gasteiger partial charge in [0, 0.05) is 16.8 Å². The van der Waals surface area contributed by atoms with Gasteiger partial charge in [-0.25, -0.2) is 0 Å². The Kier molecular flexibility index (Phi) is 4.17. The van der Waals surface area contributed by atoms with Gasteiger partial charge in [-0.3, -0.25) is 4.79 Å². The molecule has 2 rings (SSSR count). The number of hydrogen-bond acceptors (Lipinski definition) is 2. The molecule has 3 heteroatoms. The maximum Gasteiger partial charge on any atom is 0.313 e. The molecule has 18 heavy (non-hydrogen) atoms. The van der Waals surface area contributed by atoms with Crippen LogP contribution in [0.5, 0.6) is 0 Å². The normalized spacial score (nSPS) is 20.0. The van der Waals surface area contributed by atoms with Crippen molar-refractivity contribution in [3.05, 3.63) is 36.4 Å². The lowest BCUT2D eigenvalue weighted by atomic mass is 9.76. The minimum Gasteiger partial charge on any atom is -0.481 e. The average molecular weight is 247 g/mol. The maximum atomic E-state index is 11.3. The lowest BCUT2D eigenvalue weighted by Crippen LogP contribution is -2.47. The van der Waals surface area contributed by atoms with E-state index in [0.717, 1.165) is 11.3 Å². The van der Waals surface area contributed by atoms with Crippen LogP contribution < -0.4 is 5.32 Å². The minimum atomic E-state index is -0.836. The fraction of sp³-hybridized carbons (Fsp3) is 0.400.